The van der Waals surface area contributed by atoms with Gasteiger partial charge in [0.1, 0.15) is 5.25 Å². The first-order valence-corrected chi connectivity index (χ1v) is 11.2. The Hall–Kier alpha value is -2.56. The number of carbonyl (C=O) groups is 2. The number of thioether (sulfide) groups is 1. The molecule has 1 aliphatic rings. The van der Waals surface area contributed by atoms with Crippen molar-refractivity contribution in [3.63, 3.8) is 0 Å². The summed E-state index contributed by atoms with van der Waals surface area (Å²) in [4.78, 5) is 31.6. The van der Waals surface area contributed by atoms with Crippen LogP contribution < -0.4 is 5.32 Å². The van der Waals surface area contributed by atoms with Crippen molar-refractivity contribution in [3.05, 3.63) is 59.1 Å². The lowest BCUT2D eigenvalue weighted by molar-refractivity contribution is -0.137. The lowest BCUT2D eigenvalue weighted by atomic mass is 10.2. The van der Waals surface area contributed by atoms with Crippen LogP contribution in [0.25, 0.3) is 0 Å². The van der Waals surface area contributed by atoms with E-state index in [1.165, 1.54) is 4.90 Å². The van der Waals surface area contributed by atoms with Gasteiger partial charge in [-0.3, -0.25) is 14.5 Å². The number of hydrogen-bond donors (Lipinski definition) is 1. The highest BCUT2D eigenvalue weighted by molar-refractivity contribution is 8.15. The summed E-state index contributed by atoms with van der Waals surface area (Å²) >= 11 is 7.09. The highest BCUT2D eigenvalue weighted by Crippen LogP contribution is 2.35. The van der Waals surface area contributed by atoms with Crippen LogP contribution in [-0.4, -0.2) is 47.4 Å². The van der Waals surface area contributed by atoms with Crippen molar-refractivity contribution in [1.29, 1.82) is 0 Å². The highest BCUT2D eigenvalue weighted by Gasteiger charge is 2.39. The minimum absolute atomic E-state index is 0.0331. The fraction of sp³-hybridized carbons (Fsp3) is 0.318. The number of amides is 2. The standard InChI is InChI=1S/C22H21ClF3N3O3S/c1-32-11-5-10-29-20(31)18(33-21(29)27-15-6-3-2-4-7-15)13-19(30)28-17-12-14(22(24,25)26)8-9-16(17)23/h2-4,6-9,12,18H,5,10-11,13H2,1H3,(H,28,30)/t18-/m0/s1. The fourth-order valence-electron chi connectivity index (χ4n) is 3.08. The van der Waals surface area contributed by atoms with Gasteiger partial charge in [-0.15, -0.1) is 0 Å². The van der Waals surface area contributed by atoms with E-state index in [0.717, 1.165) is 30.0 Å². The summed E-state index contributed by atoms with van der Waals surface area (Å²) in [5.74, 6) is -0.920. The average Bonchev–Trinajstić information content (AvgIpc) is 3.04. The van der Waals surface area contributed by atoms with Crippen molar-refractivity contribution in [2.45, 2.75) is 24.3 Å². The summed E-state index contributed by atoms with van der Waals surface area (Å²) < 4.78 is 44.0. The van der Waals surface area contributed by atoms with Gasteiger partial charge in [-0.25, -0.2) is 4.99 Å². The Labute approximate surface area is 198 Å². The van der Waals surface area contributed by atoms with E-state index in [0.29, 0.717) is 30.4 Å². The molecule has 1 fully saturated rings. The van der Waals surface area contributed by atoms with Gasteiger partial charge in [0, 0.05) is 26.7 Å². The van der Waals surface area contributed by atoms with Crippen LogP contribution in [0, 0.1) is 0 Å². The molecule has 2 aromatic carbocycles. The molecule has 33 heavy (non-hydrogen) atoms. The molecule has 1 heterocycles. The second-order valence-corrected chi connectivity index (χ2v) is 8.69. The zero-order chi connectivity index (χ0) is 24.0. The van der Waals surface area contributed by atoms with Crippen LogP contribution in [0.3, 0.4) is 0 Å². The van der Waals surface area contributed by atoms with Crippen molar-refractivity contribution in [2.75, 3.05) is 25.6 Å². The molecule has 1 saturated heterocycles. The van der Waals surface area contributed by atoms with Crippen LogP contribution in [0.5, 0.6) is 0 Å². The number of para-hydroxylation sites is 1. The molecule has 0 bridgehead atoms. The van der Waals surface area contributed by atoms with Gasteiger partial charge in [-0.1, -0.05) is 41.6 Å². The Balaban J connectivity index is 1.74. The number of nitrogens with one attached hydrogen (secondary N) is 1. The molecule has 0 unspecified atom stereocenters. The number of rotatable bonds is 8. The molecule has 3 rings (SSSR count). The number of amidine groups is 1. The van der Waals surface area contributed by atoms with Gasteiger partial charge < -0.3 is 10.1 Å². The summed E-state index contributed by atoms with van der Waals surface area (Å²) in [7, 11) is 1.56. The molecule has 0 aromatic heterocycles. The lowest BCUT2D eigenvalue weighted by Gasteiger charge is -2.16. The number of hydrogen-bond acceptors (Lipinski definition) is 5. The van der Waals surface area contributed by atoms with Crippen LogP contribution >= 0.6 is 23.4 Å². The summed E-state index contributed by atoms with van der Waals surface area (Å²) in [5.41, 5.74) is -0.442. The average molecular weight is 500 g/mol. The van der Waals surface area contributed by atoms with E-state index >= 15 is 0 Å². The van der Waals surface area contributed by atoms with E-state index in [1.807, 2.05) is 18.2 Å². The van der Waals surface area contributed by atoms with E-state index in [9.17, 15) is 22.8 Å². The molecular formula is C22H21ClF3N3O3S. The largest absolute Gasteiger partial charge is 0.416 e. The second-order valence-electron chi connectivity index (χ2n) is 7.12. The molecule has 2 aromatic rings. The van der Waals surface area contributed by atoms with Crippen molar-refractivity contribution in [3.8, 4) is 0 Å². The molecule has 6 nitrogen and oxygen atoms in total. The maximum Gasteiger partial charge on any atom is 0.416 e. The number of alkyl halides is 3. The lowest BCUT2D eigenvalue weighted by Crippen LogP contribution is -2.34. The van der Waals surface area contributed by atoms with Gasteiger partial charge in [-0.2, -0.15) is 13.2 Å². The molecule has 0 aliphatic carbocycles. The number of ether oxygens (including phenoxy) is 1. The number of anilines is 1. The third-order valence-electron chi connectivity index (χ3n) is 4.67. The van der Waals surface area contributed by atoms with Crippen molar-refractivity contribution >= 4 is 51.7 Å². The fourth-order valence-corrected chi connectivity index (χ4v) is 4.43. The topological polar surface area (TPSA) is 71.0 Å². The van der Waals surface area contributed by atoms with Gasteiger partial charge in [0.15, 0.2) is 5.17 Å². The Kier molecular flexibility index (Phi) is 8.39. The second kappa shape index (κ2) is 11.0. The van der Waals surface area contributed by atoms with Crippen LogP contribution in [0.15, 0.2) is 53.5 Å². The smallest absolute Gasteiger partial charge is 0.385 e. The number of benzene rings is 2. The number of carbonyl (C=O) groups excluding carboxylic acids is 2. The molecule has 0 spiro atoms. The minimum Gasteiger partial charge on any atom is -0.385 e. The first-order chi connectivity index (χ1) is 15.7. The number of nitrogens with zero attached hydrogens (tertiary/aromatic N) is 2. The Morgan fingerprint density at radius 3 is 2.64 bits per heavy atom. The minimum atomic E-state index is -4.58. The normalized spacial score (nSPS) is 17.6. The third kappa shape index (κ3) is 6.72. The predicted molar refractivity (Wildman–Crippen MR) is 123 cm³/mol. The third-order valence-corrected chi connectivity index (χ3v) is 6.17. The molecule has 11 heteroatoms. The van der Waals surface area contributed by atoms with Crippen LogP contribution in [0.2, 0.25) is 5.02 Å². The summed E-state index contributed by atoms with van der Waals surface area (Å²) in [6, 6.07) is 11.7. The highest BCUT2D eigenvalue weighted by atomic mass is 35.5. The van der Waals surface area contributed by atoms with E-state index < -0.39 is 22.9 Å². The van der Waals surface area contributed by atoms with Gasteiger partial charge >= 0.3 is 6.18 Å². The van der Waals surface area contributed by atoms with Gasteiger partial charge in [-0.05, 0) is 36.8 Å². The van der Waals surface area contributed by atoms with Gasteiger partial charge in [0.25, 0.3) is 0 Å². The maximum atomic E-state index is 13.0. The molecule has 2 amide bonds. The van der Waals surface area contributed by atoms with Gasteiger partial charge in [0.05, 0.1) is 22.0 Å². The van der Waals surface area contributed by atoms with E-state index in [-0.39, 0.29) is 23.0 Å². The molecule has 1 N–H and O–H groups in total. The zero-order valence-electron chi connectivity index (χ0n) is 17.6. The molecule has 176 valence electrons. The van der Waals surface area contributed by atoms with Crippen LogP contribution in [-0.2, 0) is 20.5 Å². The van der Waals surface area contributed by atoms with Crippen LogP contribution in [0.4, 0.5) is 24.5 Å². The molecule has 0 saturated carbocycles. The summed E-state index contributed by atoms with van der Waals surface area (Å²) in [6.07, 6.45) is -4.24. The summed E-state index contributed by atoms with van der Waals surface area (Å²) in [5, 5.41) is 2.05. The molecule has 0 radical (unpaired) electrons. The summed E-state index contributed by atoms with van der Waals surface area (Å²) in [6.45, 7) is 0.815. The first-order valence-electron chi connectivity index (χ1n) is 9.96. The van der Waals surface area contributed by atoms with Crippen molar-refractivity contribution in [1.82, 2.24) is 4.90 Å². The quantitative estimate of drug-likeness (QED) is 0.497. The molecule has 1 aliphatic heterocycles. The predicted octanol–water partition coefficient (Wildman–Crippen LogP) is 5.36. The van der Waals surface area contributed by atoms with Gasteiger partial charge in [0.2, 0.25) is 11.8 Å². The Morgan fingerprint density at radius 1 is 1.24 bits per heavy atom. The van der Waals surface area contributed by atoms with Crippen molar-refractivity contribution in [2.24, 2.45) is 4.99 Å². The van der Waals surface area contributed by atoms with E-state index in [2.05, 4.69) is 10.3 Å². The Bertz CT molecular complexity index is 1030. The molecule has 1 atom stereocenters. The number of methoxy groups -OCH3 is 1. The van der Waals surface area contributed by atoms with E-state index in [1.54, 1.807) is 19.2 Å². The monoisotopic (exact) mass is 499 g/mol. The first kappa shape index (κ1) is 25.1. The van der Waals surface area contributed by atoms with E-state index in [4.69, 9.17) is 16.3 Å². The zero-order valence-corrected chi connectivity index (χ0v) is 19.1. The number of halogens is 4. The Morgan fingerprint density at radius 2 is 1.97 bits per heavy atom. The van der Waals surface area contributed by atoms with Crippen molar-refractivity contribution < 1.29 is 27.5 Å². The SMILES string of the molecule is COCCCN1C(=O)[C@H](CC(=O)Nc2cc(C(F)(F)F)ccc2Cl)SC1=Nc1ccccc1. The number of aliphatic imine (C=N–C) groups is 1. The molecular weight excluding hydrogens is 479 g/mol. The maximum absolute atomic E-state index is 13.0. The van der Waals surface area contributed by atoms with Crippen LogP contribution in [0.1, 0.15) is 18.4 Å².